The second kappa shape index (κ2) is 6.23. The van der Waals surface area contributed by atoms with Crippen molar-refractivity contribution in [3.05, 3.63) is 65.5 Å². The van der Waals surface area contributed by atoms with Crippen LogP contribution in [0.25, 0.3) is 0 Å². The zero-order valence-corrected chi connectivity index (χ0v) is 10.8. The summed E-state index contributed by atoms with van der Waals surface area (Å²) in [6.07, 6.45) is 0.829. The van der Waals surface area contributed by atoms with Gasteiger partial charge in [0, 0.05) is 12.3 Å². The number of halogens is 2. The van der Waals surface area contributed by atoms with Crippen molar-refractivity contribution in [1.82, 2.24) is 4.98 Å². The summed E-state index contributed by atoms with van der Waals surface area (Å²) in [6.45, 7) is 1.68. The van der Waals surface area contributed by atoms with Crippen LogP contribution >= 0.6 is 0 Å². The number of hydrogen-bond acceptors (Lipinski definition) is 3. The summed E-state index contributed by atoms with van der Waals surface area (Å²) in [5, 5.41) is 0. The molecule has 0 unspecified atom stereocenters. The molecule has 2 rings (SSSR count). The Labute approximate surface area is 115 Å². The largest absolute Gasteiger partial charge is 0.456 e. The molecule has 0 saturated heterocycles. The lowest BCUT2D eigenvalue weighted by atomic mass is 10.1. The highest BCUT2D eigenvalue weighted by Gasteiger charge is 2.15. The Bertz CT molecular complexity index is 602. The normalized spacial score (nSPS) is 11.9. The predicted molar refractivity (Wildman–Crippen MR) is 68.8 cm³/mol. The Kier molecular flexibility index (Phi) is 4.40. The van der Waals surface area contributed by atoms with E-state index in [4.69, 9.17) is 4.74 Å². The minimum atomic E-state index is -0.757. The monoisotopic (exact) mass is 277 g/mol. The average molecular weight is 277 g/mol. The molecular formula is C15H13F2NO2. The summed E-state index contributed by atoms with van der Waals surface area (Å²) in [5.41, 5.74) is 0.713. The van der Waals surface area contributed by atoms with Gasteiger partial charge in [-0.25, -0.2) is 8.78 Å². The fraction of sp³-hybridized carbons (Fsp3) is 0.200. The van der Waals surface area contributed by atoms with E-state index in [1.54, 1.807) is 31.3 Å². The maximum absolute atomic E-state index is 13.4. The van der Waals surface area contributed by atoms with E-state index in [1.165, 1.54) is 6.07 Å². The van der Waals surface area contributed by atoms with E-state index in [0.717, 1.165) is 12.1 Å². The molecule has 0 saturated carbocycles. The molecule has 0 N–H and O–H groups in total. The van der Waals surface area contributed by atoms with Crippen LogP contribution in [0.15, 0.2) is 42.6 Å². The number of pyridine rings is 1. The lowest BCUT2D eigenvalue weighted by molar-refractivity contribution is -0.148. The quantitative estimate of drug-likeness (QED) is 0.806. The van der Waals surface area contributed by atoms with E-state index in [-0.39, 0.29) is 12.0 Å². The molecule has 1 atom stereocenters. The molecule has 0 fully saturated rings. The van der Waals surface area contributed by atoms with Gasteiger partial charge in [-0.3, -0.25) is 9.78 Å². The zero-order valence-electron chi connectivity index (χ0n) is 10.8. The molecule has 0 radical (unpaired) electrons. The van der Waals surface area contributed by atoms with Gasteiger partial charge >= 0.3 is 5.97 Å². The van der Waals surface area contributed by atoms with Crippen LogP contribution < -0.4 is 0 Å². The standard InChI is InChI=1S/C15H13F2NO2/c1-10(14-4-2-3-7-18-14)20-15(19)8-11-5-6-12(16)9-13(11)17/h2-7,9-10H,8H2,1H3/t10-/m1/s1. The molecule has 1 aromatic carbocycles. The predicted octanol–water partition coefficient (Wildman–Crippen LogP) is 3.21. The van der Waals surface area contributed by atoms with Crippen molar-refractivity contribution in [2.75, 3.05) is 0 Å². The van der Waals surface area contributed by atoms with Gasteiger partial charge in [-0.15, -0.1) is 0 Å². The molecule has 0 aliphatic carbocycles. The fourth-order valence-corrected chi connectivity index (χ4v) is 1.74. The Morgan fingerprint density at radius 2 is 2.10 bits per heavy atom. The summed E-state index contributed by atoms with van der Waals surface area (Å²) in [7, 11) is 0. The van der Waals surface area contributed by atoms with E-state index in [9.17, 15) is 13.6 Å². The van der Waals surface area contributed by atoms with Crippen LogP contribution in [0.3, 0.4) is 0 Å². The highest BCUT2D eigenvalue weighted by molar-refractivity contribution is 5.72. The van der Waals surface area contributed by atoms with Gasteiger partial charge < -0.3 is 4.74 Å². The number of hydrogen-bond donors (Lipinski definition) is 0. The Hall–Kier alpha value is -2.30. The molecule has 20 heavy (non-hydrogen) atoms. The van der Waals surface area contributed by atoms with Crippen LogP contribution in [0.5, 0.6) is 0 Å². The van der Waals surface area contributed by atoms with Crippen molar-refractivity contribution in [2.24, 2.45) is 0 Å². The lowest BCUT2D eigenvalue weighted by Gasteiger charge is -2.12. The van der Waals surface area contributed by atoms with Crippen LogP contribution in [0.2, 0.25) is 0 Å². The van der Waals surface area contributed by atoms with Gasteiger partial charge in [0.1, 0.15) is 17.7 Å². The minimum Gasteiger partial charge on any atom is -0.456 e. The topological polar surface area (TPSA) is 39.2 Å². The van der Waals surface area contributed by atoms with E-state index < -0.39 is 23.7 Å². The molecule has 0 aliphatic rings. The van der Waals surface area contributed by atoms with Crippen molar-refractivity contribution in [2.45, 2.75) is 19.4 Å². The SMILES string of the molecule is C[C@@H](OC(=O)Cc1ccc(F)cc1F)c1ccccn1. The van der Waals surface area contributed by atoms with Gasteiger partial charge in [0.25, 0.3) is 0 Å². The molecule has 0 amide bonds. The third-order valence-electron chi connectivity index (χ3n) is 2.76. The van der Waals surface area contributed by atoms with Crippen molar-refractivity contribution in [3.63, 3.8) is 0 Å². The number of esters is 1. The first-order chi connectivity index (χ1) is 9.56. The highest BCUT2D eigenvalue weighted by atomic mass is 19.1. The maximum Gasteiger partial charge on any atom is 0.311 e. The fourth-order valence-electron chi connectivity index (χ4n) is 1.74. The molecule has 3 nitrogen and oxygen atoms in total. The van der Waals surface area contributed by atoms with Gasteiger partial charge in [-0.2, -0.15) is 0 Å². The highest BCUT2D eigenvalue weighted by Crippen LogP contribution is 2.16. The molecule has 0 aliphatic heterocycles. The van der Waals surface area contributed by atoms with Crippen LogP contribution in [0.1, 0.15) is 24.3 Å². The van der Waals surface area contributed by atoms with Crippen LogP contribution in [0.4, 0.5) is 8.78 Å². The van der Waals surface area contributed by atoms with Gasteiger partial charge in [-0.05, 0) is 30.7 Å². The summed E-state index contributed by atoms with van der Waals surface area (Å²) >= 11 is 0. The van der Waals surface area contributed by atoms with E-state index >= 15 is 0 Å². The van der Waals surface area contributed by atoms with Gasteiger partial charge in [0.05, 0.1) is 12.1 Å². The molecular weight excluding hydrogens is 264 g/mol. The minimum absolute atomic E-state index is 0.102. The molecule has 104 valence electrons. The zero-order chi connectivity index (χ0) is 14.5. The van der Waals surface area contributed by atoms with Crippen molar-refractivity contribution in [1.29, 1.82) is 0 Å². The Balaban J connectivity index is 1.99. The Morgan fingerprint density at radius 1 is 1.30 bits per heavy atom. The Morgan fingerprint density at radius 3 is 2.75 bits per heavy atom. The number of benzene rings is 1. The number of aromatic nitrogens is 1. The van der Waals surface area contributed by atoms with Crippen molar-refractivity contribution in [3.8, 4) is 0 Å². The smallest absolute Gasteiger partial charge is 0.311 e. The third-order valence-corrected chi connectivity index (χ3v) is 2.76. The summed E-state index contributed by atoms with van der Waals surface area (Å²) < 4.78 is 31.3. The lowest BCUT2D eigenvalue weighted by Crippen LogP contribution is -2.13. The van der Waals surface area contributed by atoms with E-state index in [0.29, 0.717) is 5.69 Å². The number of ether oxygens (including phenoxy) is 1. The molecule has 2 aromatic rings. The maximum atomic E-state index is 13.4. The van der Waals surface area contributed by atoms with Crippen molar-refractivity contribution >= 4 is 5.97 Å². The molecule has 5 heteroatoms. The van der Waals surface area contributed by atoms with E-state index in [1.807, 2.05) is 0 Å². The van der Waals surface area contributed by atoms with Crippen molar-refractivity contribution < 1.29 is 18.3 Å². The third kappa shape index (κ3) is 3.60. The molecule has 0 spiro atoms. The first-order valence-corrected chi connectivity index (χ1v) is 6.10. The first kappa shape index (κ1) is 14.1. The van der Waals surface area contributed by atoms with Crippen LogP contribution in [-0.2, 0) is 16.0 Å². The van der Waals surface area contributed by atoms with Crippen LogP contribution in [0, 0.1) is 11.6 Å². The first-order valence-electron chi connectivity index (χ1n) is 6.10. The average Bonchev–Trinajstić information content (AvgIpc) is 2.43. The van der Waals surface area contributed by atoms with Gasteiger partial charge in [0.15, 0.2) is 0 Å². The second-order valence-corrected chi connectivity index (χ2v) is 4.30. The summed E-state index contributed by atoms with van der Waals surface area (Å²) in [6, 6.07) is 8.35. The number of carbonyl (C=O) groups excluding carboxylic acids is 1. The number of nitrogens with zero attached hydrogens (tertiary/aromatic N) is 1. The van der Waals surface area contributed by atoms with Crippen LogP contribution in [-0.4, -0.2) is 11.0 Å². The summed E-state index contributed by atoms with van der Waals surface area (Å²) in [5.74, 6) is -2.03. The van der Waals surface area contributed by atoms with E-state index in [2.05, 4.69) is 4.98 Å². The molecule has 0 bridgehead atoms. The second-order valence-electron chi connectivity index (χ2n) is 4.30. The van der Waals surface area contributed by atoms with Gasteiger partial charge in [0.2, 0.25) is 0 Å². The number of carbonyl (C=O) groups is 1. The number of rotatable bonds is 4. The van der Waals surface area contributed by atoms with Gasteiger partial charge in [-0.1, -0.05) is 12.1 Å². The molecule has 1 aromatic heterocycles. The summed E-state index contributed by atoms with van der Waals surface area (Å²) in [4.78, 5) is 15.8. The molecule has 1 heterocycles.